The van der Waals surface area contributed by atoms with E-state index in [0.717, 1.165) is 0 Å². The number of rotatable bonds is 5. The lowest BCUT2D eigenvalue weighted by Crippen LogP contribution is -2.01. The van der Waals surface area contributed by atoms with Crippen LogP contribution in [-0.4, -0.2) is 0 Å². The van der Waals surface area contributed by atoms with Gasteiger partial charge >= 0.3 is 0 Å². The fourth-order valence-electron chi connectivity index (χ4n) is 3.39. The molecule has 0 nitrogen and oxygen atoms in total. The molecule has 0 bridgehead atoms. The van der Waals surface area contributed by atoms with Crippen LogP contribution in [0, 0.1) is 23.3 Å². The molecule has 0 fully saturated rings. The highest BCUT2D eigenvalue weighted by Crippen LogP contribution is 2.43. The highest BCUT2D eigenvalue weighted by Gasteiger charge is 2.31. The van der Waals surface area contributed by atoms with Gasteiger partial charge in [0.15, 0.2) is 23.3 Å². The van der Waals surface area contributed by atoms with Crippen LogP contribution in [0.15, 0.2) is 24.8 Å². The van der Waals surface area contributed by atoms with E-state index in [1.165, 1.54) is 0 Å². The Morgan fingerprint density at radius 3 is 1.83 bits per heavy atom. The zero-order valence-corrected chi connectivity index (χ0v) is 13.5. The van der Waals surface area contributed by atoms with Crippen molar-refractivity contribution in [3.05, 3.63) is 70.3 Å². The normalized spacial score (nSPS) is 12.2. The van der Waals surface area contributed by atoms with Crippen LogP contribution < -0.4 is 0 Å². The molecule has 0 aliphatic heterocycles. The van der Waals surface area contributed by atoms with Crippen LogP contribution in [0.3, 0.4) is 0 Å². The van der Waals surface area contributed by atoms with E-state index in [0.29, 0.717) is 36.8 Å². The summed E-state index contributed by atoms with van der Waals surface area (Å²) in [6.07, 6.45) is 3.85. The van der Waals surface area contributed by atoms with E-state index in [1.54, 1.807) is 18.2 Å². The Bertz CT molecular complexity index is 821. The highest BCUT2D eigenvalue weighted by molar-refractivity contribution is 5.79. The van der Waals surface area contributed by atoms with Crippen LogP contribution in [0.2, 0.25) is 0 Å². The summed E-state index contributed by atoms with van der Waals surface area (Å²) in [5.41, 5.74) is 1.29. The molecule has 126 valence electrons. The Kier molecular flexibility index (Phi) is 4.48. The molecule has 0 N–H and O–H groups in total. The van der Waals surface area contributed by atoms with Crippen molar-refractivity contribution in [3.63, 3.8) is 0 Å². The third-order valence-corrected chi connectivity index (χ3v) is 4.50. The van der Waals surface area contributed by atoms with Gasteiger partial charge in [-0.05, 0) is 47.9 Å². The van der Waals surface area contributed by atoms with Gasteiger partial charge in [-0.25, -0.2) is 17.6 Å². The molecule has 0 saturated carbocycles. The smallest absolute Gasteiger partial charge is 0.167 e. The topological polar surface area (TPSA) is 0 Å². The van der Waals surface area contributed by atoms with E-state index >= 15 is 0 Å². The van der Waals surface area contributed by atoms with Gasteiger partial charge in [0.1, 0.15) is 0 Å². The van der Waals surface area contributed by atoms with Crippen molar-refractivity contribution in [2.75, 3.05) is 0 Å². The van der Waals surface area contributed by atoms with Crippen LogP contribution >= 0.6 is 0 Å². The van der Waals surface area contributed by atoms with Crippen molar-refractivity contribution in [1.82, 2.24) is 0 Å². The first kappa shape index (κ1) is 16.7. The first-order valence-electron chi connectivity index (χ1n) is 8.10. The molecule has 0 saturated heterocycles. The fraction of sp³-hybridized carbons (Fsp3) is 0.300. The lowest BCUT2D eigenvalue weighted by atomic mass is 9.98. The predicted octanol–water partition coefficient (Wildman–Crippen LogP) is 5.89. The zero-order chi connectivity index (χ0) is 17.4. The number of hydrogen-bond acceptors (Lipinski definition) is 0. The van der Waals surface area contributed by atoms with Gasteiger partial charge in [0.05, 0.1) is 0 Å². The quantitative estimate of drug-likeness (QED) is 0.403. The first-order chi connectivity index (χ1) is 11.5. The first-order valence-corrected chi connectivity index (χ1v) is 8.10. The highest BCUT2D eigenvalue weighted by atomic mass is 19.2. The van der Waals surface area contributed by atoms with Crippen LogP contribution in [0.25, 0.3) is 11.1 Å². The average Bonchev–Trinajstić information content (AvgIpc) is 2.93. The summed E-state index contributed by atoms with van der Waals surface area (Å²) >= 11 is 0. The van der Waals surface area contributed by atoms with Gasteiger partial charge in [0, 0.05) is 11.1 Å². The lowest BCUT2D eigenvalue weighted by molar-refractivity contribution is 0.492. The van der Waals surface area contributed by atoms with Crippen LogP contribution in [0.5, 0.6) is 0 Å². The SMILES string of the molecule is C=CCCc1cc2c(c(F)c1F)-c1c(cc(CCC)c(F)c1F)C2. The number of hydrogen-bond donors (Lipinski definition) is 0. The van der Waals surface area contributed by atoms with E-state index in [9.17, 15) is 17.6 Å². The Morgan fingerprint density at radius 1 is 0.875 bits per heavy atom. The lowest BCUT2D eigenvalue weighted by Gasteiger charge is -2.11. The van der Waals surface area contributed by atoms with Gasteiger partial charge in [-0.1, -0.05) is 31.6 Å². The van der Waals surface area contributed by atoms with Crippen LogP contribution in [-0.2, 0) is 19.3 Å². The van der Waals surface area contributed by atoms with Crippen molar-refractivity contribution in [1.29, 1.82) is 0 Å². The van der Waals surface area contributed by atoms with Gasteiger partial charge in [0.25, 0.3) is 0 Å². The van der Waals surface area contributed by atoms with Crippen molar-refractivity contribution in [2.24, 2.45) is 0 Å². The average molecular weight is 334 g/mol. The summed E-state index contributed by atoms with van der Waals surface area (Å²) in [4.78, 5) is 0. The monoisotopic (exact) mass is 334 g/mol. The van der Waals surface area contributed by atoms with Crippen molar-refractivity contribution in [2.45, 2.75) is 39.0 Å². The number of halogens is 4. The van der Waals surface area contributed by atoms with Crippen molar-refractivity contribution >= 4 is 0 Å². The van der Waals surface area contributed by atoms with E-state index < -0.39 is 23.3 Å². The van der Waals surface area contributed by atoms with E-state index in [4.69, 9.17) is 0 Å². The molecule has 0 radical (unpaired) electrons. The molecule has 0 atom stereocenters. The molecule has 0 amide bonds. The molecule has 24 heavy (non-hydrogen) atoms. The zero-order valence-electron chi connectivity index (χ0n) is 13.5. The molecule has 2 aromatic rings. The predicted molar refractivity (Wildman–Crippen MR) is 87.0 cm³/mol. The fourth-order valence-corrected chi connectivity index (χ4v) is 3.39. The molecular weight excluding hydrogens is 316 g/mol. The maximum absolute atomic E-state index is 14.5. The Morgan fingerprint density at radius 2 is 1.38 bits per heavy atom. The van der Waals surface area contributed by atoms with Gasteiger partial charge in [-0.15, -0.1) is 6.58 Å². The molecule has 0 unspecified atom stereocenters. The maximum atomic E-state index is 14.5. The number of allylic oxidation sites excluding steroid dienone is 1. The number of fused-ring (bicyclic) bond motifs is 3. The van der Waals surface area contributed by atoms with Gasteiger partial charge in [-0.2, -0.15) is 0 Å². The molecule has 2 aromatic carbocycles. The molecule has 1 aliphatic rings. The summed E-state index contributed by atoms with van der Waals surface area (Å²) in [6, 6.07) is 3.14. The molecular formula is C20H18F4. The van der Waals surface area contributed by atoms with E-state index in [1.807, 2.05) is 6.92 Å². The molecule has 4 heteroatoms. The maximum Gasteiger partial charge on any atom is 0.167 e. The second-order valence-electron chi connectivity index (χ2n) is 6.15. The minimum absolute atomic E-state index is 0.131. The summed E-state index contributed by atoms with van der Waals surface area (Å²) in [7, 11) is 0. The van der Waals surface area contributed by atoms with Crippen molar-refractivity contribution < 1.29 is 17.6 Å². The van der Waals surface area contributed by atoms with Crippen LogP contribution in [0.4, 0.5) is 17.6 Å². The molecule has 0 spiro atoms. The third kappa shape index (κ3) is 2.54. The molecule has 1 aliphatic carbocycles. The molecule has 3 rings (SSSR count). The summed E-state index contributed by atoms with van der Waals surface area (Å²) in [5, 5.41) is 0. The van der Waals surface area contributed by atoms with Crippen LogP contribution in [0.1, 0.15) is 42.0 Å². The molecule has 0 aromatic heterocycles. The van der Waals surface area contributed by atoms with E-state index in [-0.39, 0.29) is 28.7 Å². The van der Waals surface area contributed by atoms with E-state index in [2.05, 4.69) is 6.58 Å². The second kappa shape index (κ2) is 6.42. The largest absolute Gasteiger partial charge is 0.203 e. The standard InChI is InChI=1S/C20H18F4/c1-3-5-7-12-9-14-10-13-8-11(6-4-2)17(21)19(23)15(13)16(14)20(24)18(12)22/h3,8-9H,1,4-7,10H2,2H3. The minimum atomic E-state index is -1.09. The second-order valence-corrected chi connectivity index (χ2v) is 6.15. The van der Waals surface area contributed by atoms with Gasteiger partial charge < -0.3 is 0 Å². The Balaban J connectivity index is 2.17. The number of benzene rings is 2. The summed E-state index contributed by atoms with van der Waals surface area (Å²) in [5.74, 6) is -4.11. The third-order valence-electron chi connectivity index (χ3n) is 4.50. The number of aryl methyl sites for hydroxylation is 2. The summed E-state index contributed by atoms with van der Waals surface area (Å²) in [6.45, 7) is 5.45. The Labute approximate surface area is 138 Å². The Hall–Kier alpha value is -2.10. The summed E-state index contributed by atoms with van der Waals surface area (Å²) < 4.78 is 57.5. The van der Waals surface area contributed by atoms with Gasteiger partial charge in [-0.3, -0.25) is 0 Å². The van der Waals surface area contributed by atoms with Crippen molar-refractivity contribution in [3.8, 4) is 11.1 Å². The van der Waals surface area contributed by atoms with Gasteiger partial charge in [0.2, 0.25) is 0 Å². The molecule has 0 heterocycles. The minimum Gasteiger partial charge on any atom is -0.203 e.